The van der Waals surface area contributed by atoms with Crippen molar-refractivity contribution >= 4 is 68.7 Å². The topological polar surface area (TPSA) is 74.6 Å². The number of phenols is 2. The van der Waals surface area contributed by atoms with E-state index in [0.29, 0.717) is 0 Å². The molecule has 0 atom stereocenters. The summed E-state index contributed by atoms with van der Waals surface area (Å²) in [7, 11) is 0. The van der Waals surface area contributed by atoms with E-state index in [1.54, 1.807) is 0 Å². The number of fused-ring (bicyclic) bond motifs is 3. The van der Waals surface area contributed by atoms with E-state index in [1.807, 2.05) is 0 Å². The van der Waals surface area contributed by atoms with Gasteiger partial charge < -0.3 is 10.2 Å². The molecule has 4 rings (SSSR count). The highest BCUT2D eigenvalue weighted by atomic mass is 35.5. The summed E-state index contributed by atoms with van der Waals surface area (Å²) in [6, 6.07) is 5.16. The number of carbonyl (C=O) groups excluding carboxylic acids is 2. The van der Waals surface area contributed by atoms with Gasteiger partial charge in [0.1, 0.15) is 11.5 Å². The summed E-state index contributed by atoms with van der Waals surface area (Å²) >= 11 is 23.8. The number of hydrogen-bond donors (Lipinski definition) is 2. The average molecular weight is 428 g/mol. The minimum absolute atomic E-state index is 0.00832. The van der Waals surface area contributed by atoms with Gasteiger partial charge in [-0.05, 0) is 24.3 Å². The van der Waals surface area contributed by atoms with Gasteiger partial charge in [0.25, 0.3) is 0 Å². The Bertz CT molecular complexity index is 1090. The molecule has 8 heteroatoms. The Labute approximate surface area is 166 Å². The zero-order chi connectivity index (χ0) is 18.9. The van der Waals surface area contributed by atoms with Crippen LogP contribution in [-0.2, 0) is 0 Å². The molecule has 0 radical (unpaired) electrons. The van der Waals surface area contributed by atoms with Crippen molar-refractivity contribution < 1.29 is 19.8 Å². The maximum Gasteiger partial charge on any atom is 0.198 e. The minimum Gasteiger partial charge on any atom is -0.506 e. The number of carbonyl (C=O) groups is 2. The molecule has 4 nitrogen and oxygen atoms in total. The fraction of sp³-hybridized carbons (Fsp3) is 0. The molecule has 1 aliphatic rings. The van der Waals surface area contributed by atoms with Crippen molar-refractivity contribution in [3.05, 3.63) is 66.6 Å². The van der Waals surface area contributed by atoms with Gasteiger partial charge in [-0.2, -0.15) is 0 Å². The molecule has 26 heavy (non-hydrogen) atoms. The lowest BCUT2D eigenvalue weighted by atomic mass is 9.81. The molecule has 2 N–H and O–H groups in total. The number of ketones is 2. The van der Waals surface area contributed by atoms with E-state index in [9.17, 15) is 19.8 Å². The van der Waals surface area contributed by atoms with Gasteiger partial charge in [-0.3, -0.25) is 9.59 Å². The Morgan fingerprint density at radius 1 is 0.577 bits per heavy atom. The Morgan fingerprint density at radius 3 is 1.23 bits per heavy atom. The SMILES string of the molecule is O=C1c2cc(Cl)c(Cl)cc2C(=O)c2c1c(O)c1cc(Cl)c(Cl)cc1c2O. The van der Waals surface area contributed by atoms with Crippen LogP contribution in [0.1, 0.15) is 31.8 Å². The Kier molecular flexibility index (Phi) is 3.86. The van der Waals surface area contributed by atoms with E-state index in [4.69, 9.17) is 46.4 Å². The lowest BCUT2D eigenvalue weighted by Gasteiger charge is -2.21. The number of aromatic hydroxyl groups is 2. The molecule has 1 aliphatic carbocycles. The second-order valence-corrected chi connectivity index (χ2v) is 7.36. The third kappa shape index (κ3) is 2.23. The van der Waals surface area contributed by atoms with E-state index in [1.165, 1.54) is 24.3 Å². The van der Waals surface area contributed by atoms with Crippen LogP contribution in [0, 0.1) is 0 Å². The van der Waals surface area contributed by atoms with Gasteiger partial charge in [-0.25, -0.2) is 0 Å². The van der Waals surface area contributed by atoms with Crippen molar-refractivity contribution in [3.63, 3.8) is 0 Å². The predicted molar refractivity (Wildman–Crippen MR) is 101 cm³/mol. The van der Waals surface area contributed by atoms with Crippen LogP contribution < -0.4 is 0 Å². The molecule has 0 bridgehead atoms. The van der Waals surface area contributed by atoms with Gasteiger partial charge in [0.15, 0.2) is 11.6 Å². The first-order valence-electron chi connectivity index (χ1n) is 7.17. The zero-order valence-corrected chi connectivity index (χ0v) is 15.6. The molecule has 0 aromatic heterocycles. The van der Waals surface area contributed by atoms with E-state index in [2.05, 4.69) is 0 Å². The van der Waals surface area contributed by atoms with Crippen LogP contribution in [0.5, 0.6) is 11.5 Å². The van der Waals surface area contributed by atoms with E-state index >= 15 is 0 Å². The molecule has 0 aliphatic heterocycles. The van der Waals surface area contributed by atoms with Crippen molar-refractivity contribution in [2.24, 2.45) is 0 Å². The second kappa shape index (κ2) is 5.76. The van der Waals surface area contributed by atoms with Crippen LogP contribution in [0.3, 0.4) is 0 Å². The van der Waals surface area contributed by atoms with Gasteiger partial charge in [-0.1, -0.05) is 46.4 Å². The smallest absolute Gasteiger partial charge is 0.198 e. The Hall–Kier alpha value is -1.98. The first-order valence-corrected chi connectivity index (χ1v) is 8.68. The standard InChI is InChI=1S/C18H6Cl4O4/c19-9-1-5-6(2-10(9)20)16(24)14-13(15(5)23)17(25)7-3-11(21)12(22)4-8(7)18(14)26/h1-4,23-24H. The molecule has 0 saturated carbocycles. The van der Waals surface area contributed by atoms with Crippen LogP contribution in [0.4, 0.5) is 0 Å². The van der Waals surface area contributed by atoms with Crippen molar-refractivity contribution in [1.82, 2.24) is 0 Å². The molecule has 3 aromatic carbocycles. The molecule has 0 saturated heterocycles. The van der Waals surface area contributed by atoms with E-state index in [0.717, 1.165) is 0 Å². The number of phenolic OH excluding ortho intramolecular Hbond substituents is 2. The summed E-state index contributed by atoms with van der Waals surface area (Å²) in [6.07, 6.45) is 0. The fourth-order valence-corrected chi connectivity index (χ4v) is 3.73. The number of hydrogen-bond acceptors (Lipinski definition) is 4. The quantitative estimate of drug-likeness (QED) is 0.356. The van der Waals surface area contributed by atoms with Crippen LogP contribution in [0.15, 0.2) is 24.3 Å². The molecular formula is C18H6Cl4O4. The summed E-state index contributed by atoms with van der Waals surface area (Å²) in [4.78, 5) is 25.8. The van der Waals surface area contributed by atoms with Gasteiger partial charge in [0, 0.05) is 21.9 Å². The maximum absolute atomic E-state index is 12.9. The van der Waals surface area contributed by atoms with Crippen molar-refractivity contribution in [1.29, 1.82) is 0 Å². The first kappa shape index (κ1) is 17.4. The Morgan fingerprint density at radius 2 is 0.885 bits per heavy atom. The lowest BCUT2D eigenvalue weighted by molar-refractivity contribution is 0.0974. The van der Waals surface area contributed by atoms with Crippen LogP contribution in [0.25, 0.3) is 10.8 Å². The molecule has 0 spiro atoms. The van der Waals surface area contributed by atoms with Crippen molar-refractivity contribution in [2.75, 3.05) is 0 Å². The highest BCUT2D eigenvalue weighted by molar-refractivity contribution is 6.44. The average Bonchev–Trinajstić information content (AvgIpc) is 2.59. The summed E-state index contributed by atoms with van der Waals surface area (Å²) in [5.41, 5.74) is -0.648. The molecule has 0 unspecified atom stereocenters. The molecule has 3 aromatic rings. The monoisotopic (exact) mass is 426 g/mol. The van der Waals surface area contributed by atoms with Gasteiger partial charge in [-0.15, -0.1) is 0 Å². The maximum atomic E-state index is 12.9. The molecule has 130 valence electrons. The first-order chi connectivity index (χ1) is 12.2. The number of rotatable bonds is 0. The zero-order valence-electron chi connectivity index (χ0n) is 12.5. The van der Waals surface area contributed by atoms with Crippen LogP contribution in [0.2, 0.25) is 20.1 Å². The predicted octanol–water partition coefficient (Wildman–Crippen LogP) is 5.64. The minimum atomic E-state index is -0.658. The number of benzene rings is 3. The van der Waals surface area contributed by atoms with Crippen molar-refractivity contribution in [2.45, 2.75) is 0 Å². The normalized spacial score (nSPS) is 13.1. The number of halogens is 4. The third-order valence-electron chi connectivity index (χ3n) is 4.30. The van der Waals surface area contributed by atoms with Gasteiger partial charge in [0.05, 0.1) is 31.2 Å². The Balaban J connectivity index is 2.16. The molecular weight excluding hydrogens is 422 g/mol. The van der Waals surface area contributed by atoms with Crippen LogP contribution in [-0.4, -0.2) is 21.8 Å². The highest BCUT2D eigenvalue weighted by Crippen LogP contribution is 2.46. The molecule has 0 heterocycles. The summed E-state index contributed by atoms with van der Waals surface area (Å²) in [6.45, 7) is 0. The molecule has 0 fully saturated rings. The lowest BCUT2D eigenvalue weighted by Crippen LogP contribution is -2.21. The van der Waals surface area contributed by atoms with E-state index < -0.39 is 23.1 Å². The summed E-state index contributed by atoms with van der Waals surface area (Å²) in [5, 5.41) is 21.9. The largest absolute Gasteiger partial charge is 0.506 e. The van der Waals surface area contributed by atoms with Gasteiger partial charge in [0.2, 0.25) is 0 Å². The fourth-order valence-electron chi connectivity index (χ4n) is 3.08. The summed E-state index contributed by atoms with van der Waals surface area (Å²) < 4.78 is 0. The third-order valence-corrected chi connectivity index (χ3v) is 5.74. The molecule has 0 amide bonds. The summed E-state index contributed by atoms with van der Waals surface area (Å²) in [5.74, 6) is -2.26. The van der Waals surface area contributed by atoms with Crippen LogP contribution >= 0.6 is 46.4 Å². The highest BCUT2D eigenvalue weighted by Gasteiger charge is 2.37. The second-order valence-electron chi connectivity index (χ2n) is 5.73. The van der Waals surface area contributed by atoms with Crippen molar-refractivity contribution in [3.8, 4) is 11.5 Å². The van der Waals surface area contributed by atoms with Gasteiger partial charge >= 0.3 is 0 Å². The van der Waals surface area contributed by atoms with E-state index in [-0.39, 0.29) is 53.1 Å².